The maximum atomic E-state index is 10.7. The SMILES string of the molecule is CCNc1cc(NCCCC(N)=O)nc(C2CC2)n1. The van der Waals surface area contributed by atoms with Crippen LogP contribution in [0.4, 0.5) is 11.6 Å². The van der Waals surface area contributed by atoms with E-state index in [1.54, 1.807) is 0 Å². The van der Waals surface area contributed by atoms with Gasteiger partial charge in [-0.05, 0) is 26.2 Å². The highest BCUT2D eigenvalue weighted by Crippen LogP contribution is 2.38. The second kappa shape index (κ2) is 6.36. The molecule has 1 fully saturated rings. The van der Waals surface area contributed by atoms with E-state index in [-0.39, 0.29) is 5.91 Å². The summed E-state index contributed by atoms with van der Waals surface area (Å²) in [5, 5.41) is 6.44. The summed E-state index contributed by atoms with van der Waals surface area (Å²) in [5.74, 6) is 2.84. The smallest absolute Gasteiger partial charge is 0.217 e. The van der Waals surface area contributed by atoms with Crippen molar-refractivity contribution in [2.75, 3.05) is 23.7 Å². The predicted molar refractivity (Wildman–Crippen MR) is 75.1 cm³/mol. The van der Waals surface area contributed by atoms with Crippen LogP contribution in [0.25, 0.3) is 0 Å². The summed E-state index contributed by atoms with van der Waals surface area (Å²) in [5.41, 5.74) is 5.11. The monoisotopic (exact) mass is 263 g/mol. The first kappa shape index (κ1) is 13.6. The molecule has 19 heavy (non-hydrogen) atoms. The van der Waals surface area contributed by atoms with Gasteiger partial charge in [0.25, 0.3) is 0 Å². The summed E-state index contributed by atoms with van der Waals surface area (Å²) >= 11 is 0. The second-order valence-corrected chi connectivity index (χ2v) is 4.80. The molecule has 0 spiro atoms. The van der Waals surface area contributed by atoms with Crippen LogP contribution in [-0.4, -0.2) is 29.0 Å². The van der Waals surface area contributed by atoms with Gasteiger partial charge in [-0.1, -0.05) is 0 Å². The number of nitrogens with two attached hydrogens (primary N) is 1. The lowest BCUT2D eigenvalue weighted by molar-refractivity contribution is -0.118. The zero-order valence-corrected chi connectivity index (χ0v) is 11.3. The van der Waals surface area contributed by atoms with Gasteiger partial charge in [-0.15, -0.1) is 0 Å². The van der Waals surface area contributed by atoms with Crippen LogP contribution in [0.5, 0.6) is 0 Å². The van der Waals surface area contributed by atoms with Gasteiger partial charge in [-0.3, -0.25) is 4.79 Å². The Kier molecular flexibility index (Phi) is 4.54. The van der Waals surface area contributed by atoms with Crippen molar-refractivity contribution < 1.29 is 4.79 Å². The summed E-state index contributed by atoms with van der Waals surface area (Å²) < 4.78 is 0. The molecule has 0 saturated heterocycles. The maximum absolute atomic E-state index is 10.7. The highest BCUT2D eigenvalue weighted by atomic mass is 16.1. The fourth-order valence-corrected chi connectivity index (χ4v) is 1.83. The van der Waals surface area contributed by atoms with E-state index in [2.05, 4.69) is 20.6 Å². The van der Waals surface area contributed by atoms with E-state index in [9.17, 15) is 4.79 Å². The van der Waals surface area contributed by atoms with E-state index in [1.807, 2.05) is 13.0 Å². The van der Waals surface area contributed by atoms with Crippen LogP contribution in [0.1, 0.15) is 44.3 Å². The summed E-state index contributed by atoms with van der Waals surface area (Å²) in [6.45, 7) is 3.57. The van der Waals surface area contributed by atoms with E-state index >= 15 is 0 Å². The first-order chi connectivity index (χ1) is 9.19. The Balaban J connectivity index is 1.95. The van der Waals surface area contributed by atoms with E-state index in [0.29, 0.717) is 25.3 Å². The van der Waals surface area contributed by atoms with Crippen LogP contribution >= 0.6 is 0 Å². The number of hydrogen-bond donors (Lipinski definition) is 3. The molecule has 1 aromatic heterocycles. The molecule has 1 heterocycles. The van der Waals surface area contributed by atoms with Gasteiger partial charge in [0.05, 0.1) is 0 Å². The van der Waals surface area contributed by atoms with Crippen LogP contribution in [0.15, 0.2) is 6.07 Å². The molecular weight excluding hydrogens is 242 g/mol. The molecule has 1 aromatic rings. The molecule has 6 nitrogen and oxygen atoms in total. The number of carbonyl (C=O) groups is 1. The predicted octanol–water partition coefficient (Wildman–Crippen LogP) is 1.46. The minimum atomic E-state index is -0.267. The first-order valence-corrected chi connectivity index (χ1v) is 6.84. The van der Waals surface area contributed by atoms with Gasteiger partial charge in [0.2, 0.25) is 5.91 Å². The molecule has 4 N–H and O–H groups in total. The zero-order chi connectivity index (χ0) is 13.7. The number of nitrogens with zero attached hydrogens (tertiary/aromatic N) is 2. The Hall–Kier alpha value is -1.85. The molecule has 1 aliphatic rings. The Morgan fingerprint density at radius 3 is 2.63 bits per heavy atom. The molecule has 2 rings (SSSR count). The summed E-state index contributed by atoms with van der Waals surface area (Å²) in [6.07, 6.45) is 3.47. The average molecular weight is 263 g/mol. The lowest BCUT2D eigenvalue weighted by Gasteiger charge is -2.10. The number of carbonyl (C=O) groups excluding carboxylic acids is 1. The minimum absolute atomic E-state index is 0.267. The van der Waals surface area contributed by atoms with Crippen LogP contribution in [-0.2, 0) is 4.79 Å². The second-order valence-electron chi connectivity index (χ2n) is 4.80. The van der Waals surface area contributed by atoms with Crippen molar-refractivity contribution >= 4 is 17.5 Å². The molecule has 1 aliphatic carbocycles. The van der Waals surface area contributed by atoms with Gasteiger partial charge in [0.1, 0.15) is 17.5 Å². The van der Waals surface area contributed by atoms with E-state index in [4.69, 9.17) is 5.73 Å². The highest BCUT2D eigenvalue weighted by molar-refractivity contribution is 5.73. The highest BCUT2D eigenvalue weighted by Gasteiger charge is 2.27. The third kappa shape index (κ3) is 4.39. The third-order valence-corrected chi connectivity index (χ3v) is 2.95. The summed E-state index contributed by atoms with van der Waals surface area (Å²) in [7, 11) is 0. The Morgan fingerprint density at radius 1 is 1.37 bits per heavy atom. The quantitative estimate of drug-likeness (QED) is 0.617. The third-order valence-electron chi connectivity index (χ3n) is 2.95. The van der Waals surface area contributed by atoms with Crippen LogP contribution in [0, 0.1) is 0 Å². The van der Waals surface area contributed by atoms with Crippen molar-refractivity contribution in [3.63, 3.8) is 0 Å². The van der Waals surface area contributed by atoms with Crippen molar-refractivity contribution in [2.24, 2.45) is 5.73 Å². The van der Waals surface area contributed by atoms with Gasteiger partial charge in [0, 0.05) is 31.5 Å². The average Bonchev–Trinajstić information content (AvgIpc) is 3.19. The van der Waals surface area contributed by atoms with Crippen molar-refractivity contribution in [1.82, 2.24) is 9.97 Å². The fraction of sp³-hybridized carbons (Fsp3) is 0.615. The van der Waals surface area contributed by atoms with Crippen LogP contribution in [0.2, 0.25) is 0 Å². The Bertz CT molecular complexity index is 445. The van der Waals surface area contributed by atoms with E-state index in [0.717, 1.165) is 24.0 Å². The Labute approximate surface area is 113 Å². The molecular formula is C13H21N5O. The van der Waals surface area contributed by atoms with Gasteiger partial charge in [-0.2, -0.15) is 0 Å². The van der Waals surface area contributed by atoms with Gasteiger partial charge < -0.3 is 16.4 Å². The van der Waals surface area contributed by atoms with Gasteiger partial charge in [0.15, 0.2) is 0 Å². The van der Waals surface area contributed by atoms with E-state index < -0.39 is 0 Å². The normalized spacial score (nSPS) is 14.2. The largest absolute Gasteiger partial charge is 0.370 e. The molecule has 0 atom stereocenters. The van der Waals surface area contributed by atoms with E-state index in [1.165, 1.54) is 12.8 Å². The maximum Gasteiger partial charge on any atom is 0.217 e. The first-order valence-electron chi connectivity index (χ1n) is 6.84. The van der Waals surface area contributed by atoms with Gasteiger partial charge >= 0.3 is 0 Å². The summed E-state index contributed by atoms with van der Waals surface area (Å²) in [4.78, 5) is 19.7. The van der Waals surface area contributed by atoms with Gasteiger partial charge in [-0.25, -0.2) is 9.97 Å². The standard InChI is InChI=1S/C13H21N5O/c1-2-15-11-8-12(16-7-3-4-10(14)19)18-13(17-11)9-5-6-9/h8-9H,2-7H2,1H3,(H2,14,19)(H2,15,16,17,18). The number of anilines is 2. The van der Waals surface area contributed by atoms with Crippen LogP contribution < -0.4 is 16.4 Å². The Morgan fingerprint density at radius 2 is 2.05 bits per heavy atom. The molecule has 1 saturated carbocycles. The number of amides is 1. The number of nitrogens with one attached hydrogen (secondary N) is 2. The zero-order valence-electron chi connectivity index (χ0n) is 11.3. The number of aromatic nitrogens is 2. The molecule has 104 valence electrons. The lowest BCUT2D eigenvalue weighted by Crippen LogP contribution is -2.13. The molecule has 1 amide bonds. The molecule has 6 heteroatoms. The number of rotatable bonds is 8. The van der Waals surface area contributed by atoms with Crippen molar-refractivity contribution in [1.29, 1.82) is 0 Å². The minimum Gasteiger partial charge on any atom is -0.370 e. The molecule has 0 bridgehead atoms. The van der Waals surface area contributed by atoms with Crippen molar-refractivity contribution in [3.8, 4) is 0 Å². The lowest BCUT2D eigenvalue weighted by atomic mass is 10.3. The molecule has 0 radical (unpaired) electrons. The number of primary amides is 1. The van der Waals surface area contributed by atoms with Crippen molar-refractivity contribution in [2.45, 2.75) is 38.5 Å². The molecule has 0 unspecified atom stereocenters. The van der Waals surface area contributed by atoms with Crippen molar-refractivity contribution in [3.05, 3.63) is 11.9 Å². The fourth-order valence-electron chi connectivity index (χ4n) is 1.83. The molecule has 0 aliphatic heterocycles. The molecule has 0 aromatic carbocycles. The van der Waals surface area contributed by atoms with Crippen LogP contribution in [0.3, 0.4) is 0 Å². The number of hydrogen-bond acceptors (Lipinski definition) is 5. The topological polar surface area (TPSA) is 92.9 Å². The summed E-state index contributed by atoms with van der Waals surface area (Å²) in [6, 6.07) is 1.90.